The quantitative estimate of drug-likeness (QED) is 0.404. The van der Waals surface area contributed by atoms with Gasteiger partial charge in [0.05, 0.1) is 11.2 Å². The van der Waals surface area contributed by atoms with Crippen molar-refractivity contribution >= 4 is 34.4 Å². The molecule has 1 atom stereocenters. The Bertz CT molecular complexity index is 1000. The van der Waals surface area contributed by atoms with Crippen molar-refractivity contribution in [2.75, 3.05) is 18.4 Å². The summed E-state index contributed by atoms with van der Waals surface area (Å²) in [5.41, 5.74) is 6.91. The molecule has 1 aliphatic rings. The average Bonchev–Trinajstić information content (AvgIpc) is 3.07. The fourth-order valence-corrected chi connectivity index (χ4v) is 3.43. The summed E-state index contributed by atoms with van der Waals surface area (Å²) in [6, 6.07) is 1.71. The van der Waals surface area contributed by atoms with E-state index in [1.165, 1.54) is 0 Å². The Kier molecular flexibility index (Phi) is 4.53. The normalized spacial score (nSPS) is 17.3. The third-order valence-corrected chi connectivity index (χ3v) is 4.79. The number of rotatable bonds is 3. The number of anilines is 1. The minimum atomic E-state index is -0.533. The molecule has 10 heteroatoms. The number of guanidine groups is 1. The molecule has 0 spiro atoms. The number of pyridine rings is 1. The smallest absolute Gasteiger partial charge is 0.188 e. The molecule has 1 saturated heterocycles. The number of aromatic nitrogens is 4. The monoisotopic (exact) mass is 388 g/mol. The molecule has 8 nitrogen and oxygen atoms in total. The molecule has 3 aromatic heterocycles. The predicted octanol–water partition coefficient (Wildman–Crippen LogP) is 2.58. The summed E-state index contributed by atoms with van der Waals surface area (Å²) in [5, 5.41) is 12.0. The standard InChI is InChI=1S/C17H18ClFN8/c18-9-4-11-12(6-23-14(11)22-5-9)15-24-7-13(19)16(26-15)25-10-2-1-3-27(8-10)17(20)21/h4-7,10H,1-3,8H2,(H3,20,21)(H,22,23)(H,24,25,26). The van der Waals surface area contributed by atoms with Gasteiger partial charge in [-0.25, -0.2) is 19.3 Å². The zero-order valence-corrected chi connectivity index (χ0v) is 15.1. The van der Waals surface area contributed by atoms with Crippen molar-refractivity contribution in [3.8, 4) is 11.4 Å². The van der Waals surface area contributed by atoms with Gasteiger partial charge in [0, 0.05) is 42.5 Å². The molecule has 0 bridgehead atoms. The van der Waals surface area contributed by atoms with Gasteiger partial charge in [-0.1, -0.05) is 11.6 Å². The molecular weight excluding hydrogens is 371 g/mol. The van der Waals surface area contributed by atoms with E-state index in [4.69, 9.17) is 22.7 Å². The molecule has 0 saturated carbocycles. The molecule has 1 unspecified atom stereocenters. The Labute approximate surface area is 159 Å². The highest BCUT2D eigenvalue weighted by molar-refractivity contribution is 6.31. The highest BCUT2D eigenvalue weighted by Gasteiger charge is 2.22. The van der Waals surface area contributed by atoms with E-state index in [-0.39, 0.29) is 17.8 Å². The zero-order chi connectivity index (χ0) is 19.0. The second kappa shape index (κ2) is 6.99. The molecule has 0 amide bonds. The van der Waals surface area contributed by atoms with Crippen LogP contribution in [0.1, 0.15) is 12.8 Å². The van der Waals surface area contributed by atoms with E-state index in [1.807, 2.05) is 0 Å². The largest absolute Gasteiger partial charge is 0.370 e. The van der Waals surface area contributed by atoms with Crippen molar-refractivity contribution in [2.24, 2.45) is 5.73 Å². The van der Waals surface area contributed by atoms with Gasteiger partial charge >= 0.3 is 0 Å². The van der Waals surface area contributed by atoms with E-state index in [9.17, 15) is 4.39 Å². The molecule has 140 valence electrons. The third-order valence-electron chi connectivity index (χ3n) is 4.59. The van der Waals surface area contributed by atoms with Crippen LogP contribution in [0.4, 0.5) is 10.2 Å². The van der Waals surface area contributed by atoms with Gasteiger partial charge in [-0.3, -0.25) is 5.41 Å². The van der Waals surface area contributed by atoms with E-state index in [0.29, 0.717) is 28.6 Å². The maximum Gasteiger partial charge on any atom is 0.188 e. The van der Waals surface area contributed by atoms with E-state index in [1.54, 1.807) is 23.4 Å². The lowest BCUT2D eigenvalue weighted by molar-refractivity contribution is 0.316. The average molecular weight is 389 g/mol. The van der Waals surface area contributed by atoms with E-state index < -0.39 is 5.82 Å². The van der Waals surface area contributed by atoms with Crippen LogP contribution in [-0.2, 0) is 0 Å². The molecule has 5 N–H and O–H groups in total. The SMILES string of the molecule is N=C(N)N1CCCC(Nc2nc(-c3c[nH]c4ncc(Cl)cc34)ncc2F)C1. The minimum Gasteiger partial charge on any atom is -0.370 e. The summed E-state index contributed by atoms with van der Waals surface area (Å²) < 4.78 is 14.3. The second-order valence-corrected chi connectivity index (χ2v) is 6.89. The molecule has 1 fully saturated rings. The van der Waals surface area contributed by atoms with Crippen molar-refractivity contribution in [1.82, 2.24) is 24.8 Å². The molecule has 27 heavy (non-hydrogen) atoms. The first-order valence-electron chi connectivity index (χ1n) is 8.52. The van der Waals surface area contributed by atoms with Gasteiger partial charge in [-0.05, 0) is 18.9 Å². The number of nitrogens with two attached hydrogens (primary N) is 1. The van der Waals surface area contributed by atoms with Crippen LogP contribution in [0.2, 0.25) is 5.02 Å². The minimum absolute atomic E-state index is 0.0218. The number of nitrogens with zero attached hydrogens (tertiary/aromatic N) is 4. The number of piperidine rings is 1. The first-order chi connectivity index (χ1) is 13.0. The summed E-state index contributed by atoms with van der Waals surface area (Å²) in [6.45, 7) is 1.26. The Morgan fingerprint density at radius 1 is 1.41 bits per heavy atom. The maximum atomic E-state index is 14.3. The fourth-order valence-electron chi connectivity index (χ4n) is 3.27. The number of aromatic amines is 1. The number of hydrogen-bond donors (Lipinski definition) is 4. The van der Waals surface area contributed by atoms with Crippen LogP contribution in [0, 0.1) is 11.2 Å². The molecule has 0 aromatic carbocycles. The van der Waals surface area contributed by atoms with Gasteiger partial charge < -0.3 is 20.9 Å². The number of H-pyrrole nitrogens is 1. The first-order valence-corrected chi connectivity index (χ1v) is 8.90. The summed E-state index contributed by atoms with van der Waals surface area (Å²) in [5.74, 6) is -0.0172. The first kappa shape index (κ1) is 17.5. The molecule has 0 radical (unpaired) electrons. The molecular formula is C17H18ClFN8. The van der Waals surface area contributed by atoms with Crippen LogP contribution in [0.25, 0.3) is 22.4 Å². The zero-order valence-electron chi connectivity index (χ0n) is 14.3. The highest BCUT2D eigenvalue weighted by Crippen LogP contribution is 2.28. The van der Waals surface area contributed by atoms with E-state index in [0.717, 1.165) is 31.0 Å². The third kappa shape index (κ3) is 3.50. The summed E-state index contributed by atoms with van der Waals surface area (Å²) in [4.78, 5) is 17.5. The Balaban J connectivity index is 1.63. The fraction of sp³-hybridized carbons (Fsp3) is 0.294. The second-order valence-electron chi connectivity index (χ2n) is 6.46. The lowest BCUT2D eigenvalue weighted by Gasteiger charge is -2.33. The van der Waals surface area contributed by atoms with Gasteiger partial charge in [-0.15, -0.1) is 0 Å². The Hall–Kier alpha value is -2.94. The summed E-state index contributed by atoms with van der Waals surface area (Å²) >= 11 is 6.04. The van der Waals surface area contributed by atoms with Crippen molar-refractivity contribution in [3.05, 3.63) is 35.5 Å². The lowest BCUT2D eigenvalue weighted by Crippen LogP contribution is -2.47. The Morgan fingerprint density at radius 2 is 2.26 bits per heavy atom. The van der Waals surface area contributed by atoms with Gasteiger partial charge in [0.15, 0.2) is 23.4 Å². The van der Waals surface area contributed by atoms with Crippen LogP contribution >= 0.6 is 11.6 Å². The van der Waals surface area contributed by atoms with Gasteiger partial charge in [0.1, 0.15) is 5.65 Å². The molecule has 1 aliphatic heterocycles. The molecule has 3 aromatic rings. The number of halogens is 2. The van der Waals surface area contributed by atoms with Crippen molar-refractivity contribution in [1.29, 1.82) is 5.41 Å². The van der Waals surface area contributed by atoms with Crippen molar-refractivity contribution in [2.45, 2.75) is 18.9 Å². The van der Waals surface area contributed by atoms with Crippen LogP contribution in [0.15, 0.2) is 24.7 Å². The lowest BCUT2D eigenvalue weighted by atomic mass is 10.1. The highest BCUT2D eigenvalue weighted by atomic mass is 35.5. The van der Waals surface area contributed by atoms with Gasteiger partial charge in [-0.2, -0.15) is 0 Å². The van der Waals surface area contributed by atoms with Crippen LogP contribution in [0.5, 0.6) is 0 Å². The molecule has 4 heterocycles. The predicted molar refractivity (Wildman–Crippen MR) is 102 cm³/mol. The number of nitrogens with one attached hydrogen (secondary N) is 3. The van der Waals surface area contributed by atoms with Crippen LogP contribution in [-0.4, -0.2) is 49.9 Å². The van der Waals surface area contributed by atoms with Gasteiger partial charge in [0.25, 0.3) is 0 Å². The van der Waals surface area contributed by atoms with Crippen molar-refractivity contribution in [3.63, 3.8) is 0 Å². The van der Waals surface area contributed by atoms with Crippen LogP contribution in [0.3, 0.4) is 0 Å². The number of likely N-dealkylation sites (tertiary alicyclic amines) is 1. The van der Waals surface area contributed by atoms with Gasteiger partial charge in [0.2, 0.25) is 0 Å². The van der Waals surface area contributed by atoms with E-state index >= 15 is 0 Å². The van der Waals surface area contributed by atoms with Crippen molar-refractivity contribution < 1.29 is 4.39 Å². The topological polar surface area (TPSA) is 120 Å². The Morgan fingerprint density at radius 3 is 3.07 bits per heavy atom. The number of fused-ring (bicyclic) bond motifs is 1. The molecule has 4 rings (SSSR count). The summed E-state index contributed by atoms with van der Waals surface area (Å²) in [6.07, 6.45) is 6.13. The molecule has 0 aliphatic carbocycles. The van der Waals surface area contributed by atoms with Crippen LogP contribution < -0.4 is 11.1 Å². The maximum absolute atomic E-state index is 14.3. The summed E-state index contributed by atoms with van der Waals surface area (Å²) in [7, 11) is 0. The van der Waals surface area contributed by atoms with E-state index in [2.05, 4.69) is 25.3 Å². The number of hydrogen-bond acceptors (Lipinski definition) is 5.